The highest BCUT2D eigenvalue weighted by atomic mass is 35.5. The second-order valence-corrected chi connectivity index (χ2v) is 4.50. The summed E-state index contributed by atoms with van der Waals surface area (Å²) >= 11 is 5.85. The topological polar surface area (TPSA) is 62.7 Å². The Hall–Kier alpha value is -1.10. The average molecular weight is 272 g/mol. The highest BCUT2D eigenvalue weighted by Crippen LogP contribution is 2.10. The molecule has 18 heavy (non-hydrogen) atoms. The lowest BCUT2D eigenvalue weighted by atomic mass is 10.2. The van der Waals surface area contributed by atoms with Crippen molar-refractivity contribution in [3.05, 3.63) is 5.28 Å². The van der Waals surface area contributed by atoms with Crippen molar-refractivity contribution in [3.8, 4) is 0 Å². The van der Waals surface area contributed by atoms with Crippen molar-refractivity contribution < 1.29 is 0 Å². The van der Waals surface area contributed by atoms with Crippen molar-refractivity contribution in [3.63, 3.8) is 0 Å². The molecule has 0 aliphatic rings. The first-order valence-corrected chi connectivity index (χ1v) is 7.03. The van der Waals surface area contributed by atoms with Gasteiger partial charge in [0.1, 0.15) is 0 Å². The van der Waals surface area contributed by atoms with Crippen molar-refractivity contribution in [2.24, 2.45) is 0 Å². The van der Waals surface area contributed by atoms with Gasteiger partial charge < -0.3 is 10.6 Å². The minimum atomic E-state index is 0.222. The van der Waals surface area contributed by atoms with E-state index in [1.54, 1.807) is 0 Å². The summed E-state index contributed by atoms with van der Waals surface area (Å²) in [5.74, 6) is 1.08. The van der Waals surface area contributed by atoms with E-state index in [0.29, 0.717) is 11.9 Å². The number of unbranched alkanes of at least 4 members (excludes halogenated alkanes) is 3. The molecular formula is C12H22ClN5. The summed E-state index contributed by atoms with van der Waals surface area (Å²) in [5, 5.41) is 6.50. The zero-order chi connectivity index (χ0) is 13.2. The normalized spacial score (nSPS) is 10.4. The Morgan fingerprint density at radius 1 is 0.833 bits per heavy atom. The molecule has 1 heterocycles. The van der Waals surface area contributed by atoms with Crippen LogP contribution in [0.15, 0.2) is 0 Å². The number of hydrogen-bond donors (Lipinski definition) is 2. The Morgan fingerprint density at radius 2 is 1.50 bits per heavy atom. The van der Waals surface area contributed by atoms with Crippen LogP contribution in [0, 0.1) is 0 Å². The fraction of sp³-hybridized carbons (Fsp3) is 0.750. The van der Waals surface area contributed by atoms with Crippen LogP contribution in [0.4, 0.5) is 11.9 Å². The molecule has 6 heteroatoms. The number of anilines is 2. The molecule has 0 atom stereocenters. The molecule has 1 aromatic rings. The average Bonchev–Trinajstić information content (AvgIpc) is 2.35. The molecule has 0 saturated carbocycles. The Bertz CT molecular complexity index is 345. The molecule has 0 saturated heterocycles. The first kappa shape index (κ1) is 15.0. The number of nitrogens with zero attached hydrogens (tertiary/aromatic N) is 3. The van der Waals surface area contributed by atoms with Gasteiger partial charge >= 0.3 is 0 Å². The minimum Gasteiger partial charge on any atom is -0.354 e. The molecule has 0 fully saturated rings. The van der Waals surface area contributed by atoms with Crippen molar-refractivity contribution in [2.45, 2.75) is 46.0 Å². The van der Waals surface area contributed by atoms with Gasteiger partial charge in [0.05, 0.1) is 0 Å². The molecule has 0 aromatic carbocycles. The second kappa shape index (κ2) is 8.91. The molecule has 0 unspecified atom stereocenters. The maximum Gasteiger partial charge on any atom is 0.228 e. The molecule has 0 aliphatic carbocycles. The van der Waals surface area contributed by atoms with Gasteiger partial charge in [-0.1, -0.05) is 33.1 Å². The fourth-order valence-corrected chi connectivity index (χ4v) is 1.66. The molecule has 1 rings (SSSR count). The summed E-state index contributed by atoms with van der Waals surface area (Å²) in [6.45, 7) is 5.98. The van der Waals surface area contributed by atoms with Crippen LogP contribution in [0.2, 0.25) is 5.28 Å². The van der Waals surface area contributed by atoms with Crippen molar-refractivity contribution in [2.75, 3.05) is 23.7 Å². The SMILES string of the molecule is CCCCCCNc1nc(Cl)nc(NCCC)n1. The summed E-state index contributed by atoms with van der Waals surface area (Å²) in [6.07, 6.45) is 5.87. The fourth-order valence-electron chi connectivity index (χ4n) is 1.50. The molecule has 0 spiro atoms. The largest absolute Gasteiger partial charge is 0.354 e. The summed E-state index contributed by atoms with van der Waals surface area (Å²) in [6, 6.07) is 0. The highest BCUT2D eigenvalue weighted by Gasteiger charge is 2.03. The van der Waals surface area contributed by atoms with Gasteiger partial charge in [-0.25, -0.2) is 0 Å². The predicted molar refractivity (Wildman–Crippen MR) is 76.2 cm³/mol. The lowest BCUT2D eigenvalue weighted by Gasteiger charge is -2.07. The summed E-state index contributed by atoms with van der Waals surface area (Å²) < 4.78 is 0. The van der Waals surface area contributed by atoms with Gasteiger partial charge in [0.2, 0.25) is 17.2 Å². The Kier molecular flexibility index (Phi) is 7.41. The molecule has 0 aliphatic heterocycles. The van der Waals surface area contributed by atoms with Crippen LogP contribution in [0.3, 0.4) is 0 Å². The van der Waals surface area contributed by atoms with Crippen LogP contribution >= 0.6 is 11.6 Å². The summed E-state index contributed by atoms with van der Waals surface area (Å²) in [7, 11) is 0. The van der Waals surface area contributed by atoms with E-state index in [1.807, 2.05) is 0 Å². The van der Waals surface area contributed by atoms with E-state index in [2.05, 4.69) is 39.4 Å². The summed E-state index contributed by atoms with van der Waals surface area (Å²) in [5.41, 5.74) is 0. The Morgan fingerprint density at radius 3 is 2.11 bits per heavy atom. The van der Waals surface area contributed by atoms with Crippen LogP contribution in [0.25, 0.3) is 0 Å². The van der Waals surface area contributed by atoms with E-state index < -0.39 is 0 Å². The van der Waals surface area contributed by atoms with Crippen molar-refractivity contribution in [1.29, 1.82) is 0 Å². The molecule has 2 N–H and O–H groups in total. The predicted octanol–water partition coefficient (Wildman–Crippen LogP) is 3.34. The van der Waals surface area contributed by atoms with Gasteiger partial charge in [-0.05, 0) is 24.4 Å². The quantitative estimate of drug-likeness (QED) is 0.675. The molecular weight excluding hydrogens is 250 g/mol. The van der Waals surface area contributed by atoms with E-state index >= 15 is 0 Å². The van der Waals surface area contributed by atoms with Gasteiger partial charge in [-0.2, -0.15) is 15.0 Å². The Balaban J connectivity index is 2.41. The van der Waals surface area contributed by atoms with Gasteiger partial charge in [0, 0.05) is 13.1 Å². The number of halogens is 1. The molecule has 1 aromatic heterocycles. The monoisotopic (exact) mass is 271 g/mol. The zero-order valence-corrected chi connectivity index (χ0v) is 11.9. The van der Waals surface area contributed by atoms with Crippen LogP contribution in [0.1, 0.15) is 46.0 Å². The maximum absolute atomic E-state index is 5.85. The molecule has 0 radical (unpaired) electrons. The van der Waals surface area contributed by atoms with E-state index in [1.165, 1.54) is 19.3 Å². The van der Waals surface area contributed by atoms with E-state index in [0.717, 1.165) is 25.9 Å². The third-order valence-corrected chi connectivity index (χ3v) is 2.62. The maximum atomic E-state index is 5.85. The van der Waals surface area contributed by atoms with E-state index in [4.69, 9.17) is 11.6 Å². The van der Waals surface area contributed by atoms with Crippen LogP contribution in [-0.4, -0.2) is 28.0 Å². The first-order chi connectivity index (χ1) is 8.76. The van der Waals surface area contributed by atoms with E-state index in [9.17, 15) is 0 Å². The third-order valence-electron chi connectivity index (χ3n) is 2.45. The van der Waals surface area contributed by atoms with Crippen LogP contribution in [-0.2, 0) is 0 Å². The lowest BCUT2D eigenvalue weighted by molar-refractivity contribution is 0.683. The molecule has 102 valence electrons. The standard InChI is InChI=1S/C12H22ClN5/c1-3-5-6-7-9-15-12-17-10(13)16-11(18-12)14-8-4-2/h3-9H2,1-2H3,(H2,14,15,16,17,18). The van der Waals surface area contributed by atoms with Crippen LogP contribution < -0.4 is 10.6 Å². The minimum absolute atomic E-state index is 0.222. The van der Waals surface area contributed by atoms with E-state index in [-0.39, 0.29) is 5.28 Å². The van der Waals surface area contributed by atoms with Crippen molar-refractivity contribution in [1.82, 2.24) is 15.0 Å². The Labute approximate surface area is 114 Å². The van der Waals surface area contributed by atoms with Gasteiger partial charge in [0.25, 0.3) is 0 Å². The van der Waals surface area contributed by atoms with Gasteiger partial charge in [0.15, 0.2) is 0 Å². The highest BCUT2D eigenvalue weighted by molar-refractivity contribution is 6.28. The second-order valence-electron chi connectivity index (χ2n) is 4.17. The molecule has 0 amide bonds. The number of aromatic nitrogens is 3. The lowest BCUT2D eigenvalue weighted by Crippen LogP contribution is -2.10. The number of rotatable bonds is 9. The summed E-state index contributed by atoms with van der Waals surface area (Å²) in [4.78, 5) is 12.3. The third kappa shape index (κ3) is 6.00. The zero-order valence-electron chi connectivity index (χ0n) is 11.2. The smallest absolute Gasteiger partial charge is 0.228 e. The molecule has 5 nitrogen and oxygen atoms in total. The first-order valence-electron chi connectivity index (χ1n) is 6.65. The molecule has 0 bridgehead atoms. The van der Waals surface area contributed by atoms with Gasteiger partial charge in [-0.15, -0.1) is 0 Å². The van der Waals surface area contributed by atoms with Crippen molar-refractivity contribution >= 4 is 23.5 Å². The number of nitrogens with one attached hydrogen (secondary N) is 2. The van der Waals surface area contributed by atoms with Gasteiger partial charge in [-0.3, -0.25) is 0 Å². The van der Waals surface area contributed by atoms with Crippen LogP contribution in [0.5, 0.6) is 0 Å². The number of hydrogen-bond acceptors (Lipinski definition) is 5.